The van der Waals surface area contributed by atoms with Crippen molar-refractivity contribution in [3.05, 3.63) is 29.3 Å². The summed E-state index contributed by atoms with van der Waals surface area (Å²) in [5, 5.41) is 14.5. The zero-order valence-electron chi connectivity index (χ0n) is 11.5. The average Bonchev–Trinajstić information content (AvgIpc) is 2.77. The van der Waals surface area contributed by atoms with Crippen molar-refractivity contribution in [3.63, 3.8) is 0 Å². The van der Waals surface area contributed by atoms with E-state index in [-0.39, 0.29) is 23.7 Å². The van der Waals surface area contributed by atoms with E-state index in [1.54, 1.807) is 19.1 Å². The molecule has 1 heterocycles. The number of ether oxygens (including phenoxy) is 1. The number of carboxylic acid groups (broad SMARTS) is 1. The predicted molar refractivity (Wildman–Crippen MR) is 74.1 cm³/mol. The minimum atomic E-state index is -1.01. The standard InChI is InChI=1S/C14H18N2O4/c1-8-3-4-10(7-11(8)13(17)18)15-14(19)16-12-5-6-20-9(12)2/h3-4,7,9,12H,5-6H2,1-2H3,(H,17,18)(H2,15,16,19). The van der Waals surface area contributed by atoms with Gasteiger partial charge in [-0.25, -0.2) is 9.59 Å². The highest BCUT2D eigenvalue weighted by Gasteiger charge is 2.25. The molecular weight excluding hydrogens is 260 g/mol. The Labute approximate surface area is 117 Å². The Morgan fingerprint density at radius 3 is 2.75 bits per heavy atom. The Morgan fingerprint density at radius 1 is 1.40 bits per heavy atom. The molecular formula is C14H18N2O4. The first kappa shape index (κ1) is 14.3. The molecule has 3 N–H and O–H groups in total. The number of hydrogen-bond donors (Lipinski definition) is 3. The van der Waals surface area contributed by atoms with Gasteiger partial charge in [0.05, 0.1) is 17.7 Å². The molecule has 2 amide bonds. The lowest BCUT2D eigenvalue weighted by atomic mass is 10.1. The van der Waals surface area contributed by atoms with E-state index >= 15 is 0 Å². The third-order valence-corrected chi connectivity index (χ3v) is 3.42. The van der Waals surface area contributed by atoms with Crippen LogP contribution in [0.4, 0.5) is 10.5 Å². The van der Waals surface area contributed by atoms with E-state index in [9.17, 15) is 9.59 Å². The molecule has 2 rings (SSSR count). The zero-order chi connectivity index (χ0) is 14.7. The van der Waals surface area contributed by atoms with Gasteiger partial charge in [0.15, 0.2) is 0 Å². The minimum Gasteiger partial charge on any atom is -0.478 e. The molecule has 6 nitrogen and oxygen atoms in total. The Morgan fingerprint density at radius 2 is 2.15 bits per heavy atom. The Kier molecular flexibility index (Phi) is 4.24. The van der Waals surface area contributed by atoms with Crippen molar-refractivity contribution in [3.8, 4) is 0 Å². The van der Waals surface area contributed by atoms with E-state index in [0.717, 1.165) is 6.42 Å². The summed E-state index contributed by atoms with van der Waals surface area (Å²) in [6, 6.07) is 4.43. The van der Waals surface area contributed by atoms with Gasteiger partial charge in [-0.1, -0.05) is 6.07 Å². The third kappa shape index (κ3) is 3.27. The van der Waals surface area contributed by atoms with Crippen molar-refractivity contribution in [1.82, 2.24) is 5.32 Å². The van der Waals surface area contributed by atoms with Gasteiger partial charge in [0.25, 0.3) is 0 Å². The molecule has 0 saturated carbocycles. The smallest absolute Gasteiger partial charge is 0.336 e. The van der Waals surface area contributed by atoms with Crippen LogP contribution in [0.1, 0.15) is 29.3 Å². The van der Waals surface area contributed by atoms with Crippen LogP contribution in [-0.4, -0.2) is 35.9 Å². The average molecular weight is 278 g/mol. The molecule has 1 fully saturated rings. The number of rotatable bonds is 3. The summed E-state index contributed by atoms with van der Waals surface area (Å²) in [6.45, 7) is 4.26. The van der Waals surface area contributed by atoms with Crippen molar-refractivity contribution in [1.29, 1.82) is 0 Å². The summed E-state index contributed by atoms with van der Waals surface area (Å²) < 4.78 is 5.36. The van der Waals surface area contributed by atoms with Crippen molar-refractivity contribution in [2.75, 3.05) is 11.9 Å². The van der Waals surface area contributed by atoms with Crippen LogP contribution < -0.4 is 10.6 Å². The summed E-state index contributed by atoms with van der Waals surface area (Å²) in [7, 11) is 0. The van der Waals surface area contributed by atoms with Gasteiger partial charge in [0.1, 0.15) is 0 Å². The van der Waals surface area contributed by atoms with Crippen molar-refractivity contribution in [2.24, 2.45) is 0 Å². The minimum absolute atomic E-state index is 0.00616. The second kappa shape index (κ2) is 5.92. The van der Waals surface area contributed by atoms with E-state index in [4.69, 9.17) is 9.84 Å². The molecule has 108 valence electrons. The summed E-state index contributed by atoms with van der Waals surface area (Å²) in [5.74, 6) is -1.01. The SMILES string of the molecule is Cc1ccc(NC(=O)NC2CCOC2C)cc1C(=O)O. The Hall–Kier alpha value is -2.08. The largest absolute Gasteiger partial charge is 0.478 e. The number of carbonyl (C=O) groups excluding carboxylic acids is 1. The van der Waals surface area contributed by atoms with Crippen molar-refractivity contribution < 1.29 is 19.4 Å². The van der Waals surface area contributed by atoms with Crippen LogP contribution in [0.3, 0.4) is 0 Å². The highest BCUT2D eigenvalue weighted by Crippen LogP contribution is 2.16. The molecule has 0 bridgehead atoms. The van der Waals surface area contributed by atoms with Crippen molar-refractivity contribution in [2.45, 2.75) is 32.4 Å². The lowest BCUT2D eigenvalue weighted by molar-refractivity contribution is 0.0696. The normalized spacial score (nSPS) is 21.5. The first-order chi connectivity index (χ1) is 9.47. The van der Waals surface area contributed by atoms with Gasteiger partial charge in [-0.2, -0.15) is 0 Å². The van der Waals surface area contributed by atoms with Crippen LogP contribution >= 0.6 is 0 Å². The molecule has 2 atom stereocenters. The molecule has 2 unspecified atom stereocenters. The fraction of sp³-hybridized carbons (Fsp3) is 0.429. The molecule has 0 aromatic heterocycles. The number of nitrogens with one attached hydrogen (secondary N) is 2. The van der Waals surface area contributed by atoms with Gasteiger partial charge in [0, 0.05) is 12.3 Å². The number of benzene rings is 1. The number of aryl methyl sites for hydroxylation is 1. The van der Waals surface area contributed by atoms with E-state index in [1.807, 2.05) is 6.92 Å². The summed E-state index contributed by atoms with van der Waals surface area (Å²) >= 11 is 0. The first-order valence-electron chi connectivity index (χ1n) is 6.50. The van der Waals surface area contributed by atoms with E-state index < -0.39 is 5.97 Å². The number of carboxylic acids is 1. The monoisotopic (exact) mass is 278 g/mol. The van der Waals surface area contributed by atoms with E-state index in [1.165, 1.54) is 6.07 Å². The number of carbonyl (C=O) groups is 2. The molecule has 1 aromatic carbocycles. The number of amides is 2. The molecule has 1 saturated heterocycles. The van der Waals surface area contributed by atoms with Crippen LogP contribution in [0, 0.1) is 6.92 Å². The van der Waals surface area contributed by atoms with Gasteiger partial charge in [-0.05, 0) is 38.0 Å². The second-order valence-corrected chi connectivity index (χ2v) is 4.90. The maximum atomic E-state index is 11.9. The van der Waals surface area contributed by atoms with Crippen LogP contribution in [-0.2, 0) is 4.74 Å². The fourth-order valence-corrected chi connectivity index (χ4v) is 2.19. The molecule has 6 heteroatoms. The Balaban J connectivity index is 2.00. The Bertz CT molecular complexity index is 530. The van der Waals surface area contributed by atoms with Crippen LogP contribution in [0.15, 0.2) is 18.2 Å². The third-order valence-electron chi connectivity index (χ3n) is 3.42. The topological polar surface area (TPSA) is 87.7 Å². The first-order valence-corrected chi connectivity index (χ1v) is 6.50. The van der Waals surface area contributed by atoms with Crippen LogP contribution in [0.25, 0.3) is 0 Å². The summed E-state index contributed by atoms with van der Waals surface area (Å²) in [6.07, 6.45) is 0.774. The van der Waals surface area contributed by atoms with Crippen LogP contribution in [0.5, 0.6) is 0 Å². The van der Waals surface area contributed by atoms with Gasteiger partial charge in [-0.15, -0.1) is 0 Å². The molecule has 1 aromatic rings. The van der Waals surface area contributed by atoms with Gasteiger partial charge < -0.3 is 20.5 Å². The molecule has 0 spiro atoms. The predicted octanol–water partition coefficient (Wildman–Crippen LogP) is 1.99. The van der Waals surface area contributed by atoms with Crippen molar-refractivity contribution >= 4 is 17.7 Å². The maximum absolute atomic E-state index is 11.9. The van der Waals surface area contributed by atoms with Crippen LogP contribution in [0.2, 0.25) is 0 Å². The lowest BCUT2D eigenvalue weighted by Gasteiger charge is -2.16. The maximum Gasteiger partial charge on any atom is 0.336 e. The van der Waals surface area contributed by atoms with Gasteiger partial charge in [-0.3, -0.25) is 0 Å². The van der Waals surface area contributed by atoms with E-state index in [2.05, 4.69) is 10.6 Å². The molecule has 0 aliphatic carbocycles. The molecule has 1 aliphatic heterocycles. The number of urea groups is 1. The molecule has 20 heavy (non-hydrogen) atoms. The number of aromatic carboxylic acids is 1. The summed E-state index contributed by atoms with van der Waals surface area (Å²) in [4.78, 5) is 22.9. The second-order valence-electron chi connectivity index (χ2n) is 4.90. The quantitative estimate of drug-likeness (QED) is 0.789. The molecule has 0 radical (unpaired) electrons. The van der Waals surface area contributed by atoms with Gasteiger partial charge in [0.2, 0.25) is 0 Å². The lowest BCUT2D eigenvalue weighted by Crippen LogP contribution is -2.41. The zero-order valence-corrected chi connectivity index (χ0v) is 11.5. The summed E-state index contributed by atoms with van der Waals surface area (Å²) in [5.41, 5.74) is 1.29. The number of anilines is 1. The molecule has 1 aliphatic rings. The van der Waals surface area contributed by atoms with E-state index in [0.29, 0.717) is 17.9 Å². The highest BCUT2D eigenvalue weighted by molar-refractivity contribution is 5.94. The highest BCUT2D eigenvalue weighted by atomic mass is 16.5. The number of hydrogen-bond acceptors (Lipinski definition) is 3. The van der Waals surface area contributed by atoms with Gasteiger partial charge >= 0.3 is 12.0 Å². The fourth-order valence-electron chi connectivity index (χ4n) is 2.19.